The Morgan fingerprint density at radius 1 is 1.22 bits per heavy atom. The van der Waals surface area contributed by atoms with Gasteiger partial charge in [0.2, 0.25) is 0 Å². The van der Waals surface area contributed by atoms with Crippen molar-refractivity contribution in [2.24, 2.45) is 5.41 Å². The largest absolute Gasteiger partial charge is 0.491 e. The Labute approximate surface area is 111 Å². The van der Waals surface area contributed by atoms with Crippen LogP contribution in [0.5, 0.6) is 5.75 Å². The quantitative estimate of drug-likeness (QED) is 0.861. The maximum atomic E-state index is 10.0. The number of aryl methyl sites for hydroxylation is 1. The molecule has 0 saturated heterocycles. The molecule has 0 radical (unpaired) electrons. The average molecular weight is 250 g/mol. The zero-order chi connectivity index (χ0) is 13.8. The van der Waals surface area contributed by atoms with Gasteiger partial charge in [0, 0.05) is 0 Å². The van der Waals surface area contributed by atoms with E-state index in [0.29, 0.717) is 0 Å². The monoisotopic (exact) mass is 250 g/mol. The summed E-state index contributed by atoms with van der Waals surface area (Å²) in [7, 11) is 0. The third-order valence-corrected chi connectivity index (χ3v) is 2.98. The first-order valence-electron chi connectivity index (χ1n) is 6.72. The maximum absolute atomic E-state index is 10.0. The molecule has 18 heavy (non-hydrogen) atoms. The molecule has 0 aromatic heterocycles. The van der Waals surface area contributed by atoms with Crippen LogP contribution in [0.2, 0.25) is 0 Å². The summed E-state index contributed by atoms with van der Waals surface area (Å²) in [6.07, 6.45) is 1.59. The van der Waals surface area contributed by atoms with Gasteiger partial charge in [-0.3, -0.25) is 0 Å². The van der Waals surface area contributed by atoms with Crippen molar-refractivity contribution in [1.82, 2.24) is 0 Å². The highest BCUT2D eigenvalue weighted by Crippen LogP contribution is 2.24. The topological polar surface area (TPSA) is 29.5 Å². The van der Waals surface area contributed by atoms with Crippen molar-refractivity contribution >= 4 is 0 Å². The van der Waals surface area contributed by atoms with Crippen LogP contribution in [0.3, 0.4) is 0 Å². The third kappa shape index (κ3) is 5.09. The van der Waals surface area contributed by atoms with Gasteiger partial charge in [-0.15, -0.1) is 0 Å². The molecule has 0 heterocycles. The molecule has 0 aliphatic rings. The minimum absolute atomic E-state index is 0.0496. The second-order valence-corrected chi connectivity index (χ2v) is 6.23. The van der Waals surface area contributed by atoms with E-state index in [2.05, 4.69) is 32.9 Å². The number of hydrogen-bond donors (Lipinski definition) is 1. The zero-order valence-electron chi connectivity index (χ0n) is 12.2. The number of aliphatic hydroxyl groups is 1. The van der Waals surface area contributed by atoms with E-state index < -0.39 is 0 Å². The lowest BCUT2D eigenvalue weighted by atomic mass is 9.86. The maximum Gasteiger partial charge on any atom is 0.119 e. The summed E-state index contributed by atoms with van der Waals surface area (Å²) in [5, 5.41) is 10.0. The van der Waals surface area contributed by atoms with Crippen LogP contribution in [0.4, 0.5) is 0 Å². The lowest BCUT2D eigenvalue weighted by Crippen LogP contribution is -2.26. The van der Waals surface area contributed by atoms with Crippen LogP contribution in [0.25, 0.3) is 0 Å². The molecule has 1 N–H and O–H groups in total. The summed E-state index contributed by atoms with van der Waals surface area (Å²) in [5.74, 6) is 0.910. The summed E-state index contributed by atoms with van der Waals surface area (Å²) in [5.41, 5.74) is 1.17. The van der Waals surface area contributed by atoms with E-state index in [1.54, 1.807) is 0 Å². The van der Waals surface area contributed by atoms with Crippen molar-refractivity contribution in [3.63, 3.8) is 0 Å². The molecule has 0 aliphatic carbocycles. The molecule has 0 bridgehead atoms. The number of benzene rings is 1. The fourth-order valence-electron chi connectivity index (χ4n) is 1.78. The molecular formula is C16H26O2. The first-order valence-corrected chi connectivity index (χ1v) is 6.72. The van der Waals surface area contributed by atoms with E-state index in [0.717, 1.165) is 18.6 Å². The summed E-state index contributed by atoms with van der Waals surface area (Å²) >= 11 is 0. The van der Waals surface area contributed by atoms with Crippen LogP contribution < -0.4 is 4.74 Å². The molecule has 2 heteroatoms. The van der Waals surface area contributed by atoms with Gasteiger partial charge in [0.15, 0.2) is 0 Å². The van der Waals surface area contributed by atoms with Crippen LogP contribution in [0.1, 0.15) is 46.6 Å². The minimum Gasteiger partial charge on any atom is -0.491 e. The van der Waals surface area contributed by atoms with E-state index in [1.165, 1.54) is 5.56 Å². The van der Waals surface area contributed by atoms with Gasteiger partial charge in [0.25, 0.3) is 0 Å². The van der Waals surface area contributed by atoms with E-state index >= 15 is 0 Å². The van der Waals surface area contributed by atoms with Crippen LogP contribution >= 0.6 is 0 Å². The second-order valence-electron chi connectivity index (χ2n) is 6.23. The molecule has 1 rings (SSSR count). The molecule has 0 fully saturated rings. The molecule has 1 unspecified atom stereocenters. The van der Waals surface area contributed by atoms with E-state index in [4.69, 9.17) is 4.74 Å². The van der Waals surface area contributed by atoms with Gasteiger partial charge in [0.05, 0.1) is 12.2 Å². The molecule has 1 aromatic rings. The first-order chi connectivity index (χ1) is 8.29. The van der Waals surface area contributed by atoms with Crippen LogP contribution in [0.15, 0.2) is 24.3 Å². The van der Waals surface area contributed by atoms with Crippen molar-refractivity contribution in [3.8, 4) is 5.75 Å². The van der Waals surface area contributed by atoms with Gasteiger partial charge in [-0.1, -0.05) is 32.9 Å². The number of hydrogen-bond acceptors (Lipinski definition) is 2. The molecule has 0 spiro atoms. The Bertz CT molecular complexity index is 364. The Kier molecular flexibility index (Phi) is 5.21. The van der Waals surface area contributed by atoms with Crippen molar-refractivity contribution < 1.29 is 9.84 Å². The Morgan fingerprint density at radius 3 is 2.44 bits per heavy atom. The zero-order valence-corrected chi connectivity index (χ0v) is 12.2. The molecule has 1 atom stereocenters. The fraction of sp³-hybridized carbons (Fsp3) is 0.625. The molecular weight excluding hydrogens is 224 g/mol. The van der Waals surface area contributed by atoms with E-state index in [1.807, 2.05) is 26.0 Å². The highest BCUT2D eigenvalue weighted by atomic mass is 16.5. The van der Waals surface area contributed by atoms with Gasteiger partial charge in [-0.25, -0.2) is 0 Å². The van der Waals surface area contributed by atoms with Crippen LogP contribution in [-0.4, -0.2) is 17.3 Å². The second kappa shape index (κ2) is 6.24. The first kappa shape index (κ1) is 15.0. The molecule has 0 aliphatic heterocycles. The summed E-state index contributed by atoms with van der Waals surface area (Å²) in [6.45, 7) is 10.2. The number of rotatable bonds is 5. The predicted molar refractivity (Wildman–Crippen MR) is 76.0 cm³/mol. The lowest BCUT2D eigenvalue weighted by molar-refractivity contribution is 0.0560. The molecule has 1 aromatic carbocycles. The Hall–Kier alpha value is -1.02. The van der Waals surface area contributed by atoms with E-state index in [-0.39, 0.29) is 17.6 Å². The van der Waals surface area contributed by atoms with Crippen molar-refractivity contribution in [1.29, 1.82) is 0 Å². The van der Waals surface area contributed by atoms with Crippen molar-refractivity contribution in [2.75, 3.05) is 0 Å². The summed E-state index contributed by atoms with van der Waals surface area (Å²) in [4.78, 5) is 0. The summed E-state index contributed by atoms with van der Waals surface area (Å²) in [6, 6.07) is 8.14. The van der Waals surface area contributed by atoms with Gasteiger partial charge < -0.3 is 9.84 Å². The third-order valence-electron chi connectivity index (χ3n) is 2.98. The van der Waals surface area contributed by atoms with E-state index in [9.17, 15) is 5.11 Å². The summed E-state index contributed by atoms with van der Waals surface area (Å²) < 4.78 is 5.67. The smallest absolute Gasteiger partial charge is 0.119 e. The van der Waals surface area contributed by atoms with Gasteiger partial charge in [-0.05, 0) is 49.8 Å². The Balaban J connectivity index is 2.57. The highest BCUT2D eigenvalue weighted by Gasteiger charge is 2.21. The molecule has 0 saturated carbocycles. The van der Waals surface area contributed by atoms with Crippen molar-refractivity contribution in [3.05, 3.63) is 29.8 Å². The normalized spacial score (nSPS) is 13.7. The molecule has 2 nitrogen and oxygen atoms in total. The lowest BCUT2D eigenvalue weighted by Gasteiger charge is -2.25. The fourth-order valence-corrected chi connectivity index (χ4v) is 1.78. The predicted octanol–water partition coefficient (Wildman–Crippen LogP) is 3.81. The van der Waals surface area contributed by atoms with Gasteiger partial charge in [0.1, 0.15) is 5.75 Å². The number of aliphatic hydroxyl groups excluding tert-OH is 1. The van der Waals surface area contributed by atoms with Gasteiger partial charge >= 0.3 is 0 Å². The number of ether oxygens (including phenoxy) is 1. The van der Waals surface area contributed by atoms with Crippen molar-refractivity contribution in [2.45, 2.75) is 59.7 Å². The highest BCUT2D eigenvalue weighted by molar-refractivity contribution is 5.28. The Morgan fingerprint density at radius 2 is 1.89 bits per heavy atom. The average Bonchev–Trinajstić information content (AvgIpc) is 2.24. The minimum atomic E-state index is -0.271. The standard InChI is InChI=1S/C16H26O2/c1-12(2)18-14-8-6-7-13(11-14)9-10-15(17)16(3,4)5/h6-8,11-12,15,17H,9-10H2,1-5H3. The SMILES string of the molecule is CC(C)Oc1cccc(CCC(O)C(C)(C)C)c1. The molecule has 102 valence electrons. The van der Waals surface area contributed by atoms with Crippen LogP contribution in [0, 0.1) is 5.41 Å². The van der Waals surface area contributed by atoms with Crippen LogP contribution in [-0.2, 0) is 6.42 Å². The molecule has 0 amide bonds. The van der Waals surface area contributed by atoms with Gasteiger partial charge in [-0.2, -0.15) is 0 Å².